The monoisotopic (exact) mass is 448 g/mol. The lowest BCUT2D eigenvalue weighted by molar-refractivity contribution is -0.138. The van der Waals surface area contributed by atoms with Gasteiger partial charge in [-0.1, -0.05) is 48.2 Å². The number of amides is 1. The Hall–Kier alpha value is -3.83. The Kier molecular flexibility index (Phi) is 7.47. The summed E-state index contributed by atoms with van der Waals surface area (Å²) in [5.74, 6) is -1.20. The number of aliphatic hydroxyl groups is 1. The molecule has 0 atom stereocenters. The van der Waals surface area contributed by atoms with Gasteiger partial charge in [0.15, 0.2) is 6.61 Å². The van der Waals surface area contributed by atoms with Gasteiger partial charge >= 0.3 is 5.97 Å². The quantitative estimate of drug-likeness (QED) is 0.643. The first kappa shape index (κ1) is 22.8. The van der Waals surface area contributed by atoms with Crippen LogP contribution in [0.5, 0.6) is 5.75 Å². The third-order valence-corrected chi connectivity index (χ3v) is 5.47. The minimum atomic E-state index is -0.772. The molecule has 0 spiro atoms. The van der Waals surface area contributed by atoms with E-state index in [1.54, 1.807) is 62.4 Å². The van der Waals surface area contributed by atoms with Crippen molar-refractivity contribution in [1.82, 2.24) is 0 Å². The molecule has 2 aromatic carbocycles. The maximum absolute atomic E-state index is 12.8. The number of esters is 1. The summed E-state index contributed by atoms with van der Waals surface area (Å²) in [5.41, 5.74) is 1.57. The van der Waals surface area contributed by atoms with Crippen LogP contribution in [0.3, 0.4) is 0 Å². The van der Waals surface area contributed by atoms with Gasteiger partial charge in [0.25, 0.3) is 5.91 Å². The molecule has 1 N–H and O–H groups in total. The standard InChI is InChI=1S/C24H20N2O5S/c1-3-30-24(29)20-21(27)19(14-16-9-5-7-11-18(16)31-13-12-25)32-23(20)26-22(28)17-10-6-4-8-15(17)2/h4-11,14,27H,3,13H2,1-2H3/b19-14-,26-23?. The number of hydrogen-bond acceptors (Lipinski definition) is 7. The van der Waals surface area contributed by atoms with E-state index in [9.17, 15) is 14.7 Å². The van der Waals surface area contributed by atoms with Gasteiger partial charge in [0.1, 0.15) is 28.2 Å². The van der Waals surface area contributed by atoms with E-state index in [1.165, 1.54) is 0 Å². The lowest BCUT2D eigenvalue weighted by Gasteiger charge is -2.06. The zero-order valence-corrected chi connectivity index (χ0v) is 18.3. The fraction of sp³-hybridized carbons (Fsp3) is 0.167. The lowest BCUT2D eigenvalue weighted by Crippen LogP contribution is -2.14. The molecule has 32 heavy (non-hydrogen) atoms. The van der Waals surface area contributed by atoms with E-state index in [0.29, 0.717) is 21.8 Å². The first-order valence-electron chi connectivity index (χ1n) is 9.74. The summed E-state index contributed by atoms with van der Waals surface area (Å²) < 4.78 is 10.5. The number of nitriles is 1. The van der Waals surface area contributed by atoms with Crippen molar-refractivity contribution >= 4 is 34.8 Å². The highest BCUT2D eigenvalue weighted by atomic mass is 32.2. The molecule has 7 nitrogen and oxygen atoms in total. The van der Waals surface area contributed by atoms with Crippen molar-refractivity contribution in [2.75, 3.05) is 13.2 Å². The van der Waals surface area contributed by atoms with Crippen LogP contribution in [0.1, 0.15) is 28.4 Å². The van der Waals surface area contributed by atoms with Crippen LogP contribution in [0, 0.1) is 18.3 Å². The summed E-state index contributed by atoms with van der Waals surface area (Å²) in [5, 5.41) is 19.6. The largest absolute Gasteiger partial charge is 0.506 e. The molecule has 1 aliphatic heterocycles. The average molecular weight is 449 g/mol. The van der Waals surface area contributed by atoms with E-state index >= 15 is 0 Å². The van der Waals surface area contributed by atoms with Crippen LogP contribution in [-0.4, -0.2) is 35.2 Å². The second-order valence-electron chi connectivity index (χ2n) is 6.58. The molecule has 0 saturated carbocycles. The molecule has 1 aliphatic rings. The number of aliphatic imine (C=N–C) groups is 1. The molecule has 162 valence electrons. The van der Waals surface area contributed by atoms with Crippen LogP contribution in [0.2, 0.25) is 0 Å². The van der Waals surface area contributed by atoms with Gasteiger partial charge in [-0.2, -0.15) is 5.26 Å². The number of rotatable bonds is 6. The Morgan fingerprint density at radius 3 is 2.62 bits per heavy atom. The maximum atomic E-state index is 12.8. The van der Waals surface area contributed by atoms with E-state index in [4.69, 9.17) is 14.7 Å². The zero-order chi connectivity index (χ0) is 23.1. The minimum absolute atomic E-state index is 0.0517. The smallest absolute Gasteiger partial charge is 0.344 e. The predicted octanol–water partition coefficient (Wildman–Crippen LogP) is 4.60. The summed E-state index contributed by atoms with van der Waals surface area (Å²) in [6, 6.07) is 15.8. The molecule has 1 heterocycles. The lowest BCUT2D eigenvalue weighted by atomic mass is 10.1. The van der Waals surface area contributed by atoms with Crippen molar-refractivity contribution < 1.29 is 24.2 Å². The van der Waals surface area contributed by atoms with Crippen molar-refractivity contribution in [3.8, 4) is 11.8 Å². The van der Waals surface area contributed by atoms with Gasteiger partial charge in [0.05, 0.1) is 11.5 Å². The van der Waals surface area contributed by atoms with Crippen LogP contribution < -0.4 is 4.74 Å². The topological polar surface area (TPSA) is 109 Å². The van der Waals surface area contributed by atoms with E-state index < -0.39 is 11.9 Å². The molecular formula is C24H20N2O5S. The SMILES string of the molecule is CCOC(=O)C1=C(O)/C(=C/c2ccccc2OCC#N)SC1=NC(=O)c1ccccc1C. The Bertz CT molecular complexity index is 1190. The number of carbonyl (C=O) groups is 2. The minimum Gasteiger partial charge on any atom is -0.506 e. The Morgan fingerprint density at radius 1 is 1.19 bits per heavy atom. The van der Waals surface area contributed by atoms with Crippen LogP contribution in [0.15, 0.2) is 69.8 Å². The number of ether oxygens (including phenoxy) is 2. The van der Waals surface area contributed by atoms with Gasteiger partial charge in [-0.25, -0.2) is 9.79 Å². The number of benzene rings is 2. The van der Waals surface area contributed by atoms with Crippen molar-refractivity contribution in [3.63, 3.8) is 0 Å². The predicted molar refractivity (Wildman–Crippen MR) is 122 cm³/mol. The molecule has 0 unspecified atom stereocenters. The fourth-order valence-electron chi connectivity index (χ4n) is 2.94. The molecule has 0 aromatic heterocycles. The molecule has 0 saturated heterocycles. The molecule has 2 aromatic rings. The van der Waals surface area contributed by atoms with Gasteiger partial charge in [0.2, 0.25) is 0 Å². The van der Waals surface area contributed by atoms with Crippen LogP contribution in [0.25, 0.3) is 6.08 Å². The normalized spacial score (nSPS) is 15.7. The average Bonchev–Trinajstić information content (AvgIpc) is 3.08. The molecule has 0 fully saturated rings. The number of hydrogen-bond donors (Lipinski definition) is 1. The highest BCUT2D eigenvalue weighted by Crippen LogP contribution is 2.40. The van der Waals surface area contributed by atoms with E-state index in [1.807, 2.05) is 12.1 Å². The van der Waals surface area contributed by atoms with Crippen molar-refractivity contribution in [1.29, 1.82) is 5.26 Å². The number of carbonyl (C=O) groups excluding carboxylic acids is 2. The number of aliphatic hydroxyl groups excluding tert-OH is 1. The molecule has 0 radical (unpaired) electrons. The molecule has 0 aliphatic carbocycles. The number of thioether (sulfide) groups is 1. The zero-order valence-electron chi connectivity index (χ0n) is 17.5. The summed E-state index contributed by atoms with van der Waals surface area (Å²) in [6.45, 7) is 3.40. The second kappa shape index (κ2) is 10.5. The van der Waals surface area contributed by atoms with Crippen LogP contribution >= 0.6 is 11.8 Å². The summed E-state index contributed by atoms with van der Waals surface area (Å²) in [6.07, 6.45) is 1.60. The third kappa shape index (κ3) is 5.07. The highest BCUT2D eigenvalue weighted by Gasteiger charge is 2.34. The van der Waals surface area contributed by atoms with Crippen molar-refractivity contribution in [3.05, 3.63) is 81.5 Å². The third-order valence-electron chi connectivity index (χ3n) is 4.45. The highest BCUT2D eigenvalue weighted by molar-refractivity contribution is 8.18. The first-order chi connectivity index (χ1) is 15.5. The summed E-state index contributed by atoms with van der Waals surface area (Å²) in [7, 11) is 0. The molecular weight excluding hydrogens is 428 g/mol. The van der Waals surface area contributed by atoms with Gasteiger partial charge < -0.3 is 14.6 Å². The summed E-state index contributed by atoms with van der Waals surface area (Å²) in [4.78, 5) is 29.7. The number of aryl methyl sites for hydroxylation is 1. The van der Waals surface area contributed by atoms with Gasteiger partial charge in [-0.15, -0.1) is 0 Å². The van der Waals surface area contributed by atoms with E-state index in [2.05, 4.69) is 4.99 Å². The number of nitrogens with zero attached hydrogens (tertiary/aromatic N) is 2. The maximum Gasteiger partial charge on any atom is 0.344 e. The summed E-state index contributed by atoms with van der Waals surface area (Å²) >= 11 is 0.982. The number of para-hydroxylation sites is 1. The second-order valence-corrected chi connectivity index (χ2v) is 7.61. The first-order valence-corrected chi connectivity index (χ1v) is 10.6. The Labute approximate surface area is 189 Å². The van der Waals surface area contributed by atoms with Crippen molar-refractivity contribution in [2.24, 2.45) is 4.99 Å². The van der Waals surface area contributed by atoms with Crippen LogP contribution in [-0.2, 0) is 9.53 Å². The Morgan fingerprint density at radius 2 is 1.91 bits per heavy atom. The fourth-order valence-corrected chi connectivity index (χ4v) is 3.94. The van der Waals surface area contributed by atoms with Gasteiger partial charge in [0, 0.05) is 11.1 Å². The van der Waals surface area contributed by atoms with Gasteiger partial charge in [-0.3, -0.25) is 4.79 Å². The Balaban J connectivity index is 2.04. The van der Waals surface area contributed by atoms with Gasteiger partial charge in [-0.05, 0) is 37.6 Å². The molecule has 1 amide bonds. The molecule has 8 heteroatoms. The molecule has 3 rings (SSSR count). The van der Waals surface area contributed by atoms with E-state index in [-0.39, 0.29) is 29.6 Å². The van der Waals surface area contributed by atoms with E-state index in [0.717, 1.165) is 17.3 Å². The van der Waals surface area contributed by atoms with Crippen LogP contribution in [0.4, 0.5) is 0 Å². The van der Waals surface area contributed by atoms with Crippen molar-refractivity contribution in [2.45, 2.75) is 13.8 Å². The molecule has 0 bridgehead atoms.